The van der Waals surface area contributed by atoms with E-state index in [1.165, 1.54) is 30.0 Å². The van der Waals surface area contributed by atoms with Gasteiger partial charge in [-0.05, 0) is 43.2 Å². The van der Waals surface area contributed by atoms with E-state index in [1.807, 2.05) is 0 Å². The average molecular weight is 437 g/mol. The summed E-state index contributed by atoms with van der Waals surface area (Å²) in [5.41, 5.74) is 0.0280. The summed E-state index contributed by atoms with van der Waals surface area (Å²) in [6.45, 7) is 4.94. The Labute approximate surface area is 179 Å². The highest BCUT2D eigenvalue weighted by atomic mass is 32.2. The number of nitrogens with one attached hydrogen (secondary N) is 1. The first kappa shape index (κ1) is 22.7. The topological polar surface area (TPSA) is 92.8 Å². The molecule has 0 radical (unpaired) electrons. The van der Waals surface area contributed by atoms with Gasteiger partial charge < -0.3 is 10.1 Å². The molecule has 2 fully saturated rings. The van der Waals surface area contributed by atoms with E-state index in [4.69, 9.17) is 4.74 Å². The lowest BCUT2D eigenvalue weighted by atomic mass is 9.78. The molecular formula is C22H32N2O5S. The molecule has 0 aromatic heterocycles. The standard InChI is InChI=1S/C22H32N2O5S/c1-15-7-6-9-19(16(15)2)23-21(25)17-11-13-24(14-12-17)30(27,28)20-10-5-4-8-18(20)22(26)29-3/h4-5,8,10,15-17,19H,6-7,9,11-14H2,1-3H3,(H,23,25). The Morgan fingerprint density at radius 3 is 2.40 bits per heavy atom. The van der Waals surface area contributed by atoms with Crippen molar-refractivity contribution in [3.8, 4) is 0 Å². The Morgan fingerprint density at radius 1 is 1.07 bits per heavy atom. The summed E-state index contributed by atoms with van der Waals surface area (Å²) in [5.74, 6) is 0.230. The van der Waals surface area contributed by atoms with Gasteiger partial charge in [-0.1, -0.05) is 38.8 Å². The van der Waals surface area contributed by atoms with Crippen molar-refractivity contribution >= 4 is 21.9 Å². The van der Waals surface area contributed by atoms with Crippen molar-refractivity contribution in [1.82, 2.24) is 9.62 Å². The van der Waals surface area contributed by atoms with Crippen molar-refractivity contribution in [2.75, 3.05) is 20.2 Å². The van der Waals surface area contributed by atoms with E-state index in [0.717, 1.165) is 12.8 Å². The fraction of sp³-hybridized carbons (Fsp3) is 0.636. The number of carbonyl (C=O) groups is 2. The van der Waals surface area contributed by atoms with Gasteiger partial charge in [0.25, 0.3) is 0 Å². The summed E-state index contributed by atoms with van der Waals surface area (Å²) in [5, 5.41) is 3.22. The molecule has 1 aliphatic heterocycles. The van der Waals surface area contributed by atoms with E-state index < -0.39 is 16.0 Å². The van der Waals surface area contributed by atoms with Gasteiger partial charge in [0.15, 0.2) is 0 Å². The number of esters is 1. The third kappa shape index (κ3) is 4.70. The Hall–Kier alpha value is -1.93. The second-order valence-corrected chi connectivity index (χ2v) is 10.5. The van der Waals surface area contributed by atoms with E-state index in [-0.39, 0.29) is 41.4 Å². The summed E-state index contributed by atoms with van der Waals surface area (Å²) in [7, 11) is -2.61. The third-order valence-electron chi connectivity index (χ3n) is 6.77. The molecule has 1 amide bonds. The highest BCUT2D eigenvalue weighted by Crippen LogP contribution is 2.31. The van der Waals surface area contributed by atoms with Crippen LogP contribution in [0.3, 0.4) is 0 Å². The van der Waals surface area contributed by atoms with Gasteiger partial charge >= 0.3 is 5.97 Å². The first-order valence-electron chi connectivity index (χ1n) is 10.7. The van der Waals surface area contributed by atoms with Gasteiger partial charge in [-0.15, -0.1) is 0 Å². The smallest absolute Gasteiger partial charge is 0.339 e. The van der Waals surface area contributed by atoms with Crippen molar-refractivity contribution in [2.45, 2.75) is 56.9 Å². The van der Waals surface area contributed by atoms with Gasteiger partial charge in [0.05, 0.1) is 17.6 Å². The van der Waals surface area contributed by atoms with E-state index in [2.05, 4.69) is 19.2 Å². The number of sulfonamides is 1. The largest absolute Gasteiger partial charge is 0.465 e. The van der Waals surface area contributed by atoms with Crippen molar-refractivity contribution in [3.63, 3.8) is 0 Å². The summed E-state index contributed by atoms with van der Waals surface area (Å²) in [4.78, 5) is 24.7. The number of hydrogen-bond donors (Lipinski definition) is 1. The number of amides is 1. The van der Waals surface area contributed by atoms with Crippen LogP contribution in [0.4, 0.5) is 0 Å². The molecule has 3 atom stereocenters. The molecular weight excluding hydrogens is 404 g/mol. The average Bonchev–Trinajstić information content (AvgIpc) is 2.76. The van der Waals surface area contributed by atoms with Gasteiger partial charge in [0.1, 0.15) is 0 Å². The number of hydrogen-bond acceptors (Lipinski definition) is 5. The third-order valence-corrected chi connectivity index (χ3v) is 8.73. The molecule has 1 aliphatic carbocycles. The van der Waals surface area contributed by atoms with Gasteiger partial charge in [0.2, 0.25) is 15.9 Å². The summed E-state index contributed by atoms with van der Waals surface area (Å²) >= 11 is 0. The molecule has 1 saturated carbocycles. The molecule has 30 heavy (non-hydrogen) atoms. The van der Waals surface area contributed by atoms with Crippen LogP contribution in [0.1, 0.15) is 56.3 Å². The van der Waals surface area contributed by atoms with E-state index in [1.54, 1.807) is 12.1 Å². The molecule has 2 aliphatic rings. The Balaban J connectivity index is 1.64. The molecule has 0 bridgehead atoms. The summed E-state index contributed by atoms with van der Waals surface area (Å²) in [6, 6.07) is 6.27. The second-order valence-electron chi connectivity index (χ2n) is 8.55. The number of benzene rings is 1. The lowest BCUT2D eigenvalue weighted by Crippen LogP contribution is -2.48. The maximum absolute atomic E-state index is 13.1. The van der Waals surface area contributed by atoms with E-state index >= 15 is 0 Å². The monoisotopic (exact) mass is 436 g/mol. The Kier molecular flexibility index (Phi) is 7.18. The fourth-order valence-electron chi connectivity index (χ4n) is 4.55. The van der Waals surface area contributed by atoms with E-state index in [9.17, 15) is 18.0 Å². The van der Waals surface area contributed by atoms with Crippen LogP contribution in [0.25, 0.3) is 0 Å². The molecule has 1 aromatic rings. The fourth-order valence-corrected chi connectivity index (χ4v) is 6.20. The van der Waals surface area contributed by atoms with Gasteiger partial charge in [-0.3, -0.25) is 4.79 Å². The molecule has 1 aromatic carbocycles. The SMILES string of the molecule is COC(=O)c1ccccc1S(=O)(=O)N1CCC(C(=O)NC2CCCC(C)C2C)CC1. The molecule has 1 saturated heterocycles. The molecule has 3 unspecified atom stereocenters. The van der Waals surface area contributed by atoms with Crippen molar-refractivity contribution in [1.29, 1.82) is 0 Å². The van der Waals surface area contributed by atoms with Gasteiger partial charge in [-0.2, -0.15) is 4.31 Å². The zero-order valence-corrected chi connectivity index (χ0v) is 18.8. The molecule has 166 valence electrons. The van der Waals surface area contributed by atoms with Crippen LogP contribution in [-0.2, 0) is 19.6 Å². The zero-order chi connectivity index (χ0) is 21.9. The van der Waals surface area contributed by atoms with Crippen LogP contribution >= 0.6 is 0 Å². The summed E-state index contributed by atoms with van der Waals surface area (Å²) < 4.78 is 32.3. The first-order valence-corrected chi connectivity index (χ1v) is 12.2. The van der Waals surface area contributed by atoms with Crippen molar-refractivity contribution < 1.29 is 22.7 Å². The van der Waals surface area contributed by atoms with E-state index in [0.29, 0.717) is 24.7 Å². The lowest BCUT2D eigenvalue weighted by molar-refractivity contribution is -0.127. The van der Waals surface area contributed by atoms with Crippen LogP contribution in [0.5, 0.6) is 0 Å². The van der Waals surface area contributed by atoms with Crippen LogP contribution in [-0.4, -0.2) is 50.8 Å². The zero-order valence-electron chi connectivity index (χ0n) is 18.0. The minimum Gasteiger partial charge on any atom is -0.465 e. The lowest BCUT2D eigenvalue weighted by Gasteiger charge is -2.36. The second kappa shape index (κ2) is 9.47. The number of carbonyl (C=O) groups excluding carboxylic acids is 2. The first-order chi connectivity index (χ1) is 14.3. The summed E-state index contributed by atoms with van der Waals surface area (Å²) in [6.07, 6.45) is 4.29. The maximum atomic E-state index is 13.1. The van der Waals surface area contributed by atoms with Crippen LogP contribution in [0.2, 0.25) is 0 Å². The van der Waals surface area contributed by atoms with Gasteiger partial charge in [0, 0.05) is 25.0 Å². The quantitative estimate of drug-likeness (QED) is 0.717. The number of ether oxygens (including phenoxy) is 1. The van der Waals surface area contributed by atoms with Crippen LogP contribution < -0.4 is 5.32 Å². The Morgan fingerprint density at radius 2 is 1.73 bits per heavy atom. The molecule has 3 rings (SSSR count). The predicted molar refractivity (Wildman–Crippen MR) is 113 cm³/mol. The minimum atomic E-state index is -3.84. The normalized spacial score (nSPS) is 26.2. The molecule has 7 nitrogen and oxygen atoms in total. The highest BCUT2D eigenvalue weighted by Gasteiger charge is 2.36. The Bertz CT molecular complexity index is 877. The number of nitrogens with zero attached hydrogens (tertiary/aromatic N) is 1. The van der Waals surface area contributed by atoms with Crippen molar-refractivity contribution in [2.24, 2.45) is 17.8 Å². The van der Waals surface area contributed by atoms with Crippen molar-refractivity contribution in [3.05, 3.63) is 29.8 Å². The number of piperidine rings is 1. The maximum Gasteiger partial charge on any atom is 0.339 e. The highest BCUT2D eigenvalue weighted by molar-refractivity contribution is 7.89. The minimum absolute atomic E-state index is 0.0280. The van der Waals surface area contributed by atoms with Gasteiger partial charge in [-0.25, -0.2) is 13.2 Å². The predicted octanol–water partition coefficient (Wildman–Crippen LogP) is 2.81. The number of rotatable bonds is 5. The number of methoxy groups -OCH3 is 1. The molecule has 0 spiro atoms. The molecule has 1 heterocycles. The van der Waals surface area contributed by atoms with Crippen LogP contribution in [0, 0.1) is 17.8 Å². The molecule has 1 N–H and O–H groups in total. The van der Waals surface area contributed by atoms with Crippen LogP contribution in [0.15, 0.2) is 29.2 Å². The molecule has 8 heteroatoms.